The Bertz CT molecular complexity index is 482. The van der Waals surface area contributed by atoms with Crippen LogP contribution in [-0.4, -0.2) is 37.3 Å². The van der Waals surface area contributed by atoms with Gasteiger partial charge in [0.15, 0.2) is 12.4 Å². The minimum atomic E-state index is -0.383. The summed E-state index contributed by atoms with van der Waals surface area (Å²) in [5.74, 6) is -0.169. The zero-order valence-electron chi connectivity index (χ0n) is 11.6. The third-order valence-corrected chi connectivity index (χ3v) is 2.45. The van der Waals surface area contributed by atoms with Crippen LogP contribution in [0.4, 0.5) is 0 Å². The van der Waals surface area contributed by atoms with Crippen LogP contribution < -0.4 is 15.4 Å². The molecular weight excluding hydrogens is 260 g/mol. The highest BCUT2D eigenvalue weighted by molar-refractivity contribution is 5.94. The van der Waals surface area contributed by atoms with Gasteiger partial charge in [-0.05, 0) is 38.1 Å². The first-order chi connectivity index (χ1) is 9.52. The molecule has 2 N–H and O–H groups in total. The molecule has 1 aromatic rings. The van der Waals surface area contributed by atoms with Gasteiger partial charge >= 0.3 is 0 Å². The predicted molar refractivity (Wildman–Crippen MR) is 73.6 cm³/mol. The number of carbonyl (C=O) groups is 3. The summed E-state index contributed by atoms with van der Waals surface area (Å²) in [6.45, 7) is 3.55. The Morgan fingerprint density at radius 3 is 2.25 bits per heavy atom. The molecule has 0 atom stereocenters. The molecule has 0 saturated carbocycles. The van der Waals surface area contributed by atoms with E-state index in [1.54, 1.807) is 31.2 Å². The molecule has 0 bridgehead atoms. The van der Waals surface area contributed by atoms with E-state index in [1.807, 2.05) is 0 Å². The number of Topliss-reactive ketones (excluding diaryl/α,β-unsaturated/α-hetero) is 1. The van der Waals surface area contributed by atoms with Gasteiger partial charge < -0.3 is 15.4 Å². The summed E-state index contributed by atoms with van der Waals surface area (Å²) in [4.78, 5) is 33.6. The van der Waals surface area contributed by atoms with E-state index in [0.717, 1.165) is 0 Å². The van der Waals surface area contributed by atoms with Gasteiger partial charge in [0.1, 0.15) is 5.75 Å². The molecule has 20 heavy (non-hydrogen) atoms. The van der Waals surface area contributed by atoms with Crippen molar-refractivity contribution in [3.8, 4) is 5.75 Å². The van der Waals surface area contributed by atoms with Gasteiger partial charge in [0.05, 0.1) is 6.54 Å². The van der Waals surface area contributed by atoms with Gasteiger partial charge in [0.25, 0.3) is 5.91 Å². The molecule has 0 saturated heterocycles. The third kappa shape index (κ3) is 5.51. The van der Waals surface area contributed by atoms with E-state index < -0.39 is 0 Å². The first kappa shape index (κ1) is 15.7. The Morgan fingerprint density at radius 1 is 1.05 bits per heavy atom. The standard InChI is InChI=1S/C14H18N2O4/c1-3-15-13(18)8-16-14(19)9-20-12-6-4-11(5-7-12)10(2)17/h4-7H,3,8-9H2,1-2H3,(H,15,18)(H,16,19). The highest BCUT2D eigenvalue weighted by atomic mass is 16.5. The molecule has 0 unspecified atom stereocenters. The highest BCUT2D eigenvalue weighted by Crippen LogP contribution is 2.12. The summed E-state index contributed by atoms with van der Waals surface area (Å²) in [5, 5.41) is 5.00. The van der Waals surface area contributed by atoms with Gasteiger partial charge in [-0.1, -0.05) is 0 Å². The van der Waals surface area contributed by atoms with Crippen LogP contribution in [0.15, 0.2) is 24.3 Å². The van der Waals surface area contributed by atoms with Crippen molar-refractivity contribution in [2.24, 2.45) is 0 Å². The maximum Gasteiger partial charge on any atom is 0.258 e. The molecule has 2 amide bonds. The number of nitrogens with one attached hydrogen (secondary N) is 2. The quantitative estimate of drug-likeness (QED) is 0.712. The molecule has 0 aliphatic carbocycles. The summed E-state index contributed by atoms with van der Waals surface area (Å²) in [6.07, 6.45) is 0. The summed E-state index contributed by atoms with van der Waals surface area (Å²) < 4.78 is 5.24. The second-order valence-corrected chi connectivity index (χ2v) is 4.10. The minimum Gasteiger partial charge on any atom is -0.484 e. The lowest BCUT2D eigenvalue weighted by Crippen LogP contribution is -2.38. The molecule has 0 aliphatic heterocycles. The Kier molecular flexibility index (Phi) is 6.22. The molecule has 0 radical (unpaired) electrons. The number of amides is 2. The van der Waals surface area contributed by atoms with Gasteiger partial charge in [0.2, 0.25) is 5.91 Å². The van der Waals surface area contributed by atoms with Crippen LogP contribution in [0.25, 0.3) is 0 Å². The maximum absolute atomic E-state index is 11.4. The molecule has 0 aliphatic rings. The van der Waals surface area contributed by atoms with Crippen molar-refractivity contribution in [3.63, 3.8) is 0 Å². The van der Waals surface area contributed by atoms with Crippen LogP contribution in [0.2, 0.25) is 0 Å². The first-order valence-electron chi connectivity index (χ1n) is 6.30. The zero-order valence-corrected chi connectivity index (χ0v) is 11.6. The summed E-state index contributed by atoms with van der Waals surface area (Å²) >= 11 is 0. The molecule has 0 aromatic heterocycles. The van der Waals surface area contributed by atoms with E-state index in [1.165, 1.54) is 6.92 Å². The van der Waals surface area contributed by atoms with Crippen molar-refractivity contribution < 1.29 is 19.1 Å². The van der Waals surface area contributed by atoms with Crippen LogP contribution in [0.1, 0.15) is 24.2 Å². The fourth-order valence-corrected chi connectivity index (χ4v) is 1.42. The number of hydrogen-bond donors (Lipinski definition) is 2. The van der Waals surface area contributed by atoms with Crippen LogP contribution in [0.5, 0.6) is 5.75 Å². The molecule has 1 aromatic carbocycles. The average Bonchev–Trinajstić information content (AvgIpc) is 2.43. The van der Waals surface area contributed by atoms with Crippen molar-refractivity contribution in [1.29, 1.82) is 0 Å². The van der Waals surface area contributed by atoms with Gasteiger partial charge in [-0.2, -0.15) is 0 Å². The summed E-state index contributed by atoms with van der Waals surface area (Å²) in [6, 6.07) is 6.50. The summed E-state index contributed by atoms with van der Waals surface area (Å²) in [7, 11) is 0. The lowest BCUT2D eigenvalue weighted by atomic mass is 10.1. The van der Waals surface area contributed by atoms with Crippen LogP contribution in [-0.2, 0) is 9.59 Å². The minimum absolute atomic E-state index is 0.0313. The predicted octanol–water partition coefficient (Wildman–Crippen LogP) is 0.520. The lowest BCUT2D eigenvalue weighted by molar-refractivity contribution is -0.127. The Balaban J connectivity index is 2.33. The Morgan fingerprint density at radius 2 is 1.70 bits per heavy atom. The maximum atomic E-state index is 11.4. The van der Waals surface area contributed by atoms with Crippen molar-refractivity contribution in [2.75, 3.05) is 19.7 Å². The molecule has 0 spiro atoms. The molecule has 0 fully saturated rings. The van der Waals surface area contributed by atoms with Crippen LogP contribution in [0, 0.1) is 0 Å². The molecule has 1 rings (SSSR count). The smallest absolute Gasteiger partial charge is 0.258 e. The number of rotatable bonds is 7. The van der Waals surface area contributed by atoms with Crippen molar-refractivity contribution in [1.82, 2.24) is 10.6 Å². The van der Waals surface area contributed by atoms with Crippen molar-refractivity contribution in [2.45, 2.75) is 13.8 Å². The van der Waals surface area contributed by atoms with E-state index >= 15 is 0 Å². The van der Waals surface area contributed by atoms with Crippen LogP contribution >= 0.6 is 0 Å². The van der Waals surface area contributed by atoms with Crippen LogP contribution in [0.3, 0.4) is 0 Å². The number of ketones is 1. The Labute approximate surface area is 117 Å². The van der Waals surface area contributed by atoms with E-state index in [2.05, 4.69) is 10.6 Å². The number of benzene rings is 1. The SMILES string of the molecule is CCNC(=O)CNC(=O)COc1ccc(C(C)=O)cc1. The van der Waals surface area contributed by atoms with E-state index in [9.17, 15) is 14.4 Å². The number of ether oxygens (including phenoxy) is 1. The topological polar surface area (TPSA) is 84.5 Å². The molecule has 0 heterocycles. The second-order valence-electron chi connectivity index (χ2n) is 4.10. The van der Waals surface area contributed by atoms with Gasteiger partial charge in [-0.25, -0.2) is 0 Å². The highest BCUT2D eigenvalue weighted by Gasteiger charge is 2.06. The number of likely N-dealkylation sites (N-methyl/N-ethyl adjacent to an activating group) is 1. The number of hydrogen-bond acceptors (Lipinski definition) is 4. The fourth-order valence-electron chi connectivity index (χ4n) is 1.42. The normalized spacial score (nSPS) is 9.70. The Hall–Kier alpha value is -2.37. The van der Waals surface area contributed by atoms with Gasteiger partial charge in [0, 0.05) is 12.1 Å². The molecule has 6 nitrogen and oxygen atoms in total. The molecule has 108 valence electrons. The van der Waals surface area contributed by atoms with E-state index in [4.69, 9.17) is 4.74 Å². The van der Waals surface area contributed by atoms with Gasteiger partial charge in [-0.15, -0.1) is 0 Å². The van der Waals surface area contributed by atoms with Crippen molar-refractivity contribution >= 4 is 17.6 Å². The van der Waals surface area contributed by atoms with E-state index in [-0.39, 0.29) is 30.7 Å². The molecular formula is C14H18N2O4. The fraction of sp³-hybridized carbons (Fsp3) is 0.357. The summed E-state index contributed by atoms with van der Waals surface area (Å²) in [5.41, 5.74) is 0.582. The first-order valence-corrected chi connectivity index (χ1v) is 6.30. The van der Waals surface area contributed by atoms with E-state index in [0.29, 0.717) is 17.9 Å². The van der Waals surface area contributed by atoms with Gasteiger partial charge in [-0.3, -0.25) is 14.4 Å². The molecule has 6 heteroatoms. The monoisotopic (exact) mass is 278 g/mol. The van der Waals surface area contributed by atoms with Crippen molar-refractivity contribution in [3.05, 3.63) is 29.8 Å². The third-order valence-electron chi connectivity index (χ3n) is 2.45. The zero-order chi connectivity index (χ0) is 15.0. The lowest BCUT2D eigenvalue weighted by Gasteiger charge is -2.07. The number of carbonyl (C=O) groups excluding carboxylic acids is 3. The average molecular weight is 278 g/mol. The largest absolute Gasteiger partial charge is 0.484 e. The second kappa shape index (κ2) is 7.93.